The molecule has 4 nitrogen and oxygen atoms in total. The van der Waals surface area contributed by atoms with E-state index in [1.54, 1.807) is 0 Å². The summed E-state index contributed by atoms with van der Waals surface area (Å²) in [5, 5.41) is 0.720. The number of nitrogens with one attached hydrogen (secondary N) is 2. The second kappa shape index (κ2) is 6.34. The van der Waals surface area contributed by atoms with Crippen LogP contribution < -0.4 is 10.9 Å². The molecule has 0 aliphatic carbocycles. The third-order valence-electron chi connectivity index (χ3n) is 4.62. The highest BCUT2D eigenvalue weighted by Gasteiger charge is 2.37. The third kappa shape index (κ3) is 3.23. The number of nitrogens with zero attached hydrogens (tertiary/aromatic N) is 1. The van der Waals surface area contributed by atoms with E-state index < -0.39 is 0 Å². The average Bonchev–Trinajstić information content (AvgIpc) is 2.97. The first kappa shape index (κ1) is 14.8. The molecule has 2 heterocycles. The van der Waals surface area contributed by atoms with Crippen LogP contribution in [0.25, 0.3) is 0 Å². The summed E-state index contributed by atoms with van der Waals surface area (Å²) in [6.07, 6.45) is 2.23. The zero-order valence-corrected chi connectivity index (χ0v) is 13.1. The number of carbonyl (C=O) groups excluding carboxylic acids is 1. The Morgan fingerprint density at radius 2 is 1.90 bits per heavy atom. The molecule has 1 aromatic rings. The van der Waals surface area contributed by atoms with Crippen molar-refractivity contribution >= 4 is 17.5 Å². The maximum atomic E-state index is 12.8. The van der Waals surface area contributed by atoms with Crippen molar-refractivity contribution in [3.05, 3.63) is 34.9 Å². The molecule has 0 radical (unpaired) electrons. The molecule has 0 aromatic heterocycles. The van der Waals surface area contributed by atoms with Gasteiger partial charge in [-0.25, -0.2) is 5.43 Å². The summed E-state index contributed by atoms with van der Waals surface area (Å²) in [7, 11) is 0. The maximum Gasteiger partial charge on any atom is 0.229 e. The lowest BCUT2D eigenvalue weighted by molar-refractivity contribution is -0.136. The van der Waals surface area contributed by atoms with Crippen LogP contribution in [-0.4, -0.2) is 30.4 Å². The first-order valence-corrected chi connectivity index (χ1v) is 8.05. The SMILES string of the molecule is CC1CCN(C(=O)C2CNNC2c2ccc(Cl)cc2)CC1. The van der Waals surface area contributed by atoms with E-state index in [0.717, 1.165) is 42.4 Å². The Morgan fingerprint density at radius 3 is 2.57 bits per heavy atom. The minimum absolute atomic E-state index is 0.0223. The molecule has 1 amide bonds. The molecule has 2 aliphatic heterocycles. The number of hydrazine groups is 1. The van der Waals surface area contributed by atoms with Crippen molar-refractivity contribution < 1.29 is 4.79 Å². The summed E-state index contributed by atoms with van der Waals surface area (Å²) in [5.74, 6) is 0.958. The molecule has 21 heavy (non-hydrogen) atoms. The Morgan fingerprint density at radius 1 is 1.24 bits per heavy atom. The number of benzene rings is 1. The first-order chi connectivity index (χ1) is 10.1. The summed E-state index contributed by atoms with van der Waals surface area (Å²) in [6.45, 7) is 4.73. The van der Waals surface area contributed by atoms with Crippen LogP contribution in [0.4, 0.5) is 0 Å². The fourth-order valence-corrected chi connectivity index (χ4v) is 3.30. The van der Waals surface area contributed by atoms with Crippen molar-refractivity contribution in [1.82, 2.24) is 15.8 Å². The number of amides is 1. The Kier molecular flexibility index (Phi) is 4.48. The molecule has 2 aliphatic rings. The minimum atomic E-state index is -0.0421. The molecule has 0 spiro atoms. The van der Waals surface area contributed by atoms with Crippen molar-refractivity contribution in [3.8, 4) is 0 Å². The Hall–Kier alpha value is -1.10. The number of halogens is 1. The molecular weight excluding hydrogens is 286 g/mol. The van der Waals surface area contributed by atoms with Crippen LogP contribution in [0.1, 0.15) is 31.4 Å². The van der Waals surface area contributed by atoms with Gasteiger partial charge in [0.05, 0.1) is 12.0 Å². The van der Waals surface area contributed by atoms with Gasteiger partial charge in [-0.1, -0.05) is 30.7 Å². The van der Waals surface area contributed by atoms with Gasteiger partial charge in [0.2, 0.25) is 5.91 Å². The van der Waals surface area contributed by atoms with Gasteiger partial charge < -0.3 is 4.90 Å². The first-order valence-electron chi connectivity index (χ1n) is 7.68. The quantitative estimate of drug-likeness (QED) is 0.881. The van der Waals surface area contributed by atoms with Crippen molar-refractivity contribution in [2.75, 3.05) is 19.6 Å². The normalized spacial score (nSPS) is 27.0. The number of hydrogen-bond acceptors (Lipinski definition) is 3. The summed E-state index contributed by atoms with van der Waals surface area (Å²) >= 11 is 5.94. The highest BCUT2D eigenvalue weighted by molar-refractivity contribution is 6.30. The molecule has 1 aromatic carbocycles. The summed E-state index contributed by atoms with van der Waals surface area (Å²) in [4.78, 5) is 14.8. The molecule has 3 rings (SSSR count). The van der Waals surface area contributed by atoms with Crippen LogP contribution in [-0.2, 0) is 4.79 Å². The predicted octanol–water partition coefficient (Wildman–Crippen LogP) is 2.36. The molecular formula is C16H22ClN3O. The topological polar surface area (TPSA) is 44.4 Å². The van der Waals surface area contributed by atoms with Crippen LogP contribution in [0.3, 0.4) is 0 Å². The second-order valence-corrected chi connectivity index (χ2v) is 6.61. The van der Waals surface area contributed by atoms with Crippen LogP contribution in [0.15, 0.2) is 24.3 Å². The van der Waals surface area contributed by atoms with E-state index >= 15 is 0 Å². The monoisotopic (exact) mass is 307 g/mol. The molecule has 2 unspecified atom stereocenters. The van der Waals surface area contributed by atoms with Gasteiger partial charge in [0.25, 0.3) is 0 Å². The van der Waals surface area contributed by atoms with Crippen molar-refractivity contribution in [2.45, 2.75) is 25.8 Å². The summed E-state index contributed by atoms with van der Waals surface area (Å²) < 4.78 is 0. The van der Waals surface area contributed by atoms with Crippen LogP contribution in [0.2, 0.25) is 5.02 Å². The zero-order valence-electron chi connectivity index (χ0n) is 12.3. The van der Waals surface area contributed by atoms with Crippen LogP contribution >= 0.6 is 11.6 Å². The third-order valence-corrected chi connectivity index (χ3v) is 4.88. The number of rotatable bonds is 2. The summed E-state index contributed by atoms with van der Waals surface area (Å²) in [6, 6.07) is 7.76. The Balaban J connectivity index is 1.71. The van der Waals surface area contributed by atoms with Crippen molar-refractivity contribution in [3.63, 3.8) is 0 Å². The number of piperidine rings is 1. The summed E-state index contributed by atoms with van der Waals surface area (Å²) in [5.41, 5.74) is 7.47. The molecule has 5 heteroatoms. The molecule has 2 N–H and O–H groups in total. The van der Waals surface area contributed by atoms with E-state index in [1.165, 1.54) is 0 Å². The van der Waals surface area contributed by atoms with Gasteiger partial charge in [-0.2, -0.15) is 0 Å². The number of hydrogen-bond donors (Lipinski definition) is 2. The fraction of sp³-hybridized carbons (Fsp3) is 0.562. The lowest BCUT2D eigenvalue weighted by Gasteiger charge is -2.33. The lowest BCUT2D eigenvalue weighted by Crippen LogP contribution is -2.43. The van der Waals surface area contributed by atoms with Gasteiger partial charge in [0.1, 0.15) is 0 Å². The average molecular weight is 308 g/mol. The van der Waals surface area contributed by atoms with Gasteiger partial charge in [0.15, 0.2) is 0 Å². The van der Waals surface area contributed by atoms with E-state index in [0.29, 0.717) is 6.54 Å². The Labute approximate surface area is 130 Å². The molecule has 0 bridgehead atoms. The highest BCUT2D eigenvalue weighted by atomic mass is 35.5. The van der Waals surface area contributed by atoms with E-state index in [1.807, 2.05) is 29.2 Å². The van der Waals surface area contributed by atoms with Gasteiger partial charge in [-0.15, -0.1) is 0 Å². The molecule has 2 fully saturated rings. The molecule has 0 saturated carbocycles. The second-order valence-electron chi connectivity index (χ2n) is 6.17. The number of likely N-dealkylation sites (tertiary alicyclic amines) is 1. The van der Waals surface area contributed by atoms with E-state index in [-0.39, 0.29) is 17.9 Å². The fourth-order valence-electron chi connectivity index (χ4n) is 3.18. The maximum absolute atomic E-state index is 12.8. The van der Waals surface area contributed by atoms with Gasteiger partial charge in [-0.05, 0) is 36.5 Å². The largest absolute Gasteiger partial charge is 0.342 e. The van der Waals surface area contributed by atoms with Gasteiger partial charge in [0, 0.05) is 24.7 Å². The predicted molar refractivity (Wildman–Crippen MR) is 83.8 cm³/mol. The van der Waals surface area contributed by atoms with Gasteiger partial charge >= 0.3 is 0 Å². The Bertz CT molecular complexity index is 497. The minimum Gasteiger partial charge on any atom is -0.342 e. The van der Waals surface area contributed by atoms with Crippen molar-refractivity contribution in [1.29, 1.82) is 0 Å². The lowest BCUT2D eigenvalue weighted by atomic mass is 9.92. The van der Waals surface area contributed by atoms with Gasteiger partial charge in [-0.3, -0.25) is 10.2 Å². The smallest absolute Gasteiger partial charge is 0.229 e. The zero-order chi connectivity index (χ0) is 14.8. The van der Waals surface area contributed by atoms with Crippen molar-refractivity contribution in [2.24, 2.45) is 11.8 Å². The molecule has 114 valence electrons. The van der Waals surface area contributed by atoms with Crippen LogP contribution in [0, 0.1) is 11.8 Å². The molecule has 2 atom stereocenters. The van der Waals surface area contributed by atoms with E-state index in [2.05, 4.69) is 17.8 Å². The van der Waals surface area contributed by atoms with E-state index in [9.17, 15) is 4.79 Å². The molecule has 2 saturated heterocycles. The standard InChI is InChI=1S/C16H22ClN3O/c1-11-6-8-20(9-7-11)16(21)14-10-18-19-15(14)12-2-4-13(17)5-3-12/h2-5,11,14-15,18-19H,6-10H2,1H3. The number of carbonyl (C=O) groups is 1. The highest BCUT2D eigenvalue weighted by Crippen LogP contribution is 2.29. The van der Waals surface area contributed by atoms with Crippen LogP contribution in [0.5, 0.6) is 0 Å². The van der Waals surface area contributed by atoms with E-state index in [4.69, 9.17) is 11.6 Å².